The van der Waals surface area contributed by atoms with Crippen molar-refractivity contribution < 1.29 is 22.0 Å². The van der Waals surface area contributed by atoms with Crippen molar-refractivity contribution in [3.8, 4) is 22.8 Å². The highest BCUT2D eigenvalue weighted by Crippen LogP contribution is 2.24. The molecular formula is C23H21NO4S. The molecule has 1 heterocycles. The molecule has 0 radical (unpaired) electrons. The summed E-state index contributed by atoms with van der Waals surface area (Å²) in [6, 6.07) is 26.4. The fourth-order valence-corrected chi connectivity index (χ4v) is 3.56. The second-order valence-electron chi connectivity index (χ2n) is 6.46. The minimum absolute atomic E-state index is 0.139. The Morgan fingerprint density at radius 2 is 1.31 bits per heavy atom. The Hall–Kier alpha value is -3.22. The van der Waals surface area contributed by atoms with Crippen LogP contribution in [0.15, 0.2) is 100 Å². The van der Waals surface area contributed by atoms with Gasteiger partial charge in [-0.1, -0.05) is 66.7 Å². The molecule has 5 nitrogen and oxygen atoms in total. The minimum Gasteiger partial charge on any atom is -0.744 e. The Labute approximate surface area is 170 Å². The fourth-order valence-electron chi connectivity index (χ4n) is 2.85. The van der Waals surface area contributed by atoms with Gasteiger partial charge in [-0.2, -0.15) is 4.57 Å². The monoisotopic (exact) mass is 407 g/mol. The summed E-state index contributed by atoms with van der Waals surface area (Å²) in [5.74, 6) is 1.76. The minimum atomic E-state index is -4.28. The summed E-state index contributed by atoms with van der Waals surface area (Å²) in [6.45, 7) is 1.59. The van der Waals surface area contributed by atoms with Gasteiger partial charge in [-0.15, -0.1) is 0 Å². The third kappa shape index (κ3) is 5.19. The van der Waals surface area contributed by atoms with Crippen LogP contribution in [0, 0.1) is 6.92 Å². The summed E-state index contributed by atoms with van der Waals surface area (Å²) in [5.41, 5.74) is 2.67. The molecule has 0 atom stereocenters. The standard InChI is InChI=1S/C16H14NO.C7H8O3S/c1-17-12-15(13-8-4-2-5-9-13)18-16(17)14-10-6-3-7-11-14;1-6-4-2-3-5-7(6)11(8,9)10/h2-12H,1H3;2-5H,1H3,(H,8,9,10)/q+1;/p-1. The van der Waals surface area contributed by atoms with E-state index in [0.29, 0.717) is 5.56 Å². The highest BCUT2D eigenvalue weighted by molar-refractivity contribution is 7.85. The molecule has 6 heteroatoms. The molecule has 29 heavy (non-hydrogen) atoms. The SMILES string of the molecule is C[n+]1cc(-c2ccccc2)oc1-c1ccccc1.Cc1ccccc1S(=O)(=O)[O-]. The molecule has 0 aliphatic rings. The molecule has 0 N–H and O–H groups in total. The van der Waals surface area contributed by atoms with Crippen molar-refractivity contribution in [3.63, 3.8) is 0 Å². The Morgan fingerprint density at radius 1 is 0.793 bits per heavy atom. The zero-order valence-electron chi connectivity index (χ0n) is 16.1. The maximum atomic E-state index is 10.5. The van der Waals surface area contributed by atoms with Crippen molar-refractivity contribution in [1.29, 1.82) is 0 Å². The van der Waals surface area contributed by atoms with Gasteiger partial charge >= 0.3 is 5.89 Å². The highest BCUT2D eigenvalue weighted by Gasteiger charge is 2.18. The van der Waals surface area contributed by atoms with Gasteiger partial charge in [-0.05, 0) is 30.7 Å². The lowest BCUT2D eigenvalue weighted by atomic mass is 10.2. The molecule has 0 aliphatic heterocycles. The smallest absolute Gasteiger partial charge is 0.380 e. The number of rotatable bonds is 3. The van der Waals surface area contributed by atoms with E-state index in [9.17, 15) is 13.0 Å². The largest absolute Gasteiger partial charge is 0.744 e. The van der Waals surface area contributed by atoms with Gasteiger partial charge in [-0.3, -0.25) is 0 Å². The molecule has 148 valence electrons. The van der Waals surface area contributed by atoms with E-state index in [1.165, 1.54) is 12.1 Å². The van der Waals surface area contributed by atoms with Gasteiger partial charge in [0.2, 0.25) is 12.0 Å². The number of aromatic nitrogens is 1. The normalized spacial score (nSPS) is 10.9. The van der Waals surface area contributed by atoms with E-state index in [1.807, 2.05) is 78.5 Å². The summed E-state index contributed by atoms with van der Waals surface area (Å²) in [7, 11) is -2.29. The summed E-state index contributed by atoms with van der Waals surface area (Å²) in [6.07, 6.45) is 2.01. The maximum Gasteiger partial charge on any atom is 0.380 e. The lowest BCUT2D eigenvalue weighted by molar-refractivity contribution is -0.662. The Balaban J connectivity index is 0.000000188. The third-order valence-electron chi connectivity index (χ3n) is 4.28. The second-order valence-corrected chi connectivity index (χ2v) is 7.81. The summed E-state index contributed by atoms with van der Waals surface area (Å²) >= 11 is 0. The van der Waals surface area contributed by atoms with Crippen LogP contribution in [-0.4, -0.2) is 13.0 Å². The maximum absolute atomic E-state index is 10.5. The predicted molar refractivity (Wildman–Crippen MR) is 110 cm³/mol. The predicted octanol–water partition coefficient (Wildman–Crippen LogP) is 4.34. The molecular weight excluding hydrogens is 386 g/mol. The Morgan fingerprint density at radius 3 is 1.83 bits per heavy atom. The average molecular weight is 407 g/mol. The molecule has 1 aromatic heterocycles. The van der Waals surface area contributed by atoms with Gasteiger partial charge in [0.1, 0.15) is 17.2 Å². The molecule has 3 aromatic carbocycles. The van der Waals surface area contributed by atoms with E-state index in [2.05, 4.69) is 0 Å². The van der Waals surface area contributed by atoms with Crippen LogP contribution in [0.3, 0.4) is 0 Å². The lowest BCUT2D eigenvalue weighted by Gasteiger charge is -2.08. The van der Waals surface area contributed by atoms with Crippen molar-refractivity contribution in [3.05, 3.63) is 96.7 Å². The van der Waals surface area contributed by atoms with E-state index in [-0.39, 0.29) is 4.90 Å². The number of nitrogens with zero attached hydrogens (tertiary/aromatic N) is 1. The van der Waals surface area contributed by atoms with Gasteiger partial charge in [0.15, 0.2) is 0 Å². The first-order valence-electron chi connectivity index (χ1n) is 8.98. The number of aryl methyl sites for hydroxylation is 2. The number of hydrogen-bond acceptors (Lipinski definition) is 4. The third-order valence-corrected chi connectivity index (χ3v) is 5.28. The zero-order valence-corrected chi connectivity index (χ0v) is 17.0. The highest BCUT2D eigenvalue weighted by atomic mass is 32.2. The lowest BCUT2D eigenvalue weighted by Crippen LogP contribution is -2.26. The molecule has 4 rings (SSSR count). The molecule has 0 aliphatic carbocycles. The topological polar surface area (TPSA) is 74.2 Å². The molecule has 0 spiro atoms. The number of oxazole rings is 1. The van der Waals surface area contributed by atoms with Crippen LogP contribution in [-0.2, 0) is 17.2 Å². The zero-order chi connectivity index (χ0) is 20.9. The first-order chi connectivity index (χ1) is 13.9. The Bertz CT molecular complexity index is 1180. The number of hydrogen-bond donors (Lipinski definition) is 0. The van der Waals surface area contributed by atoms with Gasteiger partial charge < -0.3 is 8.97 Å². The van der Waals surface area contributed by atoms with Gasteiger partial charge in [0.25, 0.3) is 0 Å². The quantitative estimate of drug-likeness (QED) is 0.374. The van der Waals surface area contributed by atoms with Crippen molar-refractivity contribution in [2.45, 2.75) is 11.8 Å². The van der Waals surface area contributed by atoms with E-state index >= 15 is 0 Å². The van der Waals surface area contributed by atoms with Gasteiger partial charge in [-0.25, -0.2) is 8.42 Å². The Kier molecular flexibility index (Phi) is 6.26. The van der Waals surface area contributed by atoms with Crippen molar-refractivity contribution in [2.24, 2.45) is 7.05 Å². The molecule has 0 amide bonds. The van der Waals surface area contributed by atoms with Crippen LogP contribution in [0.25, 0.3) is 22.8 Å². The van der Waals surface area contributed by atoms with Crippen LogP contribution in [0.1, 0.15) is 5.56 Å². The van der Waals surface area contributed by atoms with Crippen molar-refractivity contribution >= 4 is 10.1 Å². The van der Waals surface area contributed by atoms with Crippen LogP contribution < -0.4 is 4.57 Å². The van der Waals surface area contributed by atoms with Crippen LogP contribution >= 0.6 is 0 Å². The van der Waals surface area contributed by atoms with E-state index in [4.69, 9.17) is 4.42 Å². The van der Waals surface area contributed by atoms with Crippen LogP contribution in [0.4, 0.5) is 0 Å². The van der Waals surface area contributed by atoms with E-state index in [0.717, 1.165) is 22.8 Å². The molecule has 0 saturated heterocycles. The van der Waals surface area contributed by atoms with Crippen LogP contribution in [0.2, 0.25) is 0 Å². The van der Waals surface area contributed by atoms with Crippen LogP contribution in [0.5, 0.6) is 0 Å². The molecule has 0 saturated carbocycles. The first-order valence-corrected chi connectivity index (χ1v) is 10.4. The number of benzene rings is 3. The second kappa shape index (κ2) is 8.86. The summed E-state index contributed by atoms with van der Waals surface area (Å²) < 4.78 is 39.5. The average Bonchev–Trinajstić information content (AvgIpc) is 3.11. The van der Waals surface area contributed by atoms with Gasteiger partial charge in [0, 0.05) is 5.56 Å². The molecule has 0 bridgehead atoms. The first kappa shape index (κ1) is 20.5. The summed E-state index contributed by atoms with van der Waals surface area (Å²) in [4.78, 5) is -0.139. The van der Waals surface area contributed by atoms with Crippen molar-refractivity contribution in [1.82, 2.24) is 0 Å². The summed E-state index contributed by atoms with van der Waals surface area (Å²) in [5, 5.41) is 0. The molecule has 0 unspecified atom stereocenters. The van der Waals surface area contributed by atoms with E-state index in [1.54, 1.807) is 19.1 Å². The van der Waals surface area contributed by atoms with Crippen molar-refractivity contribution in [2.75, 3.05) is 0 Å². The van der Waals surface area contributed by atoms with E-state index < -0.39 is 10.1 Å². The molecule has 0 fully saturated rings. The fraction of sp³-hybridized carbons (Fsp3) is 0.0870. The van der Waals surface area contributed by atoms with Gasteiger partial charge in [0.05, 0.1) is 10.5 Å². The molecule has 4 aromatic rings.